The molecule has 0 aliphatic rings. The molecule has 10 heteroatoms. The van der Waals surface area contributed by atoms with E-state index in [0.717, 1.165) is 5.56 Å². The molecule has 4 rings (SSSR count). The van der Waals surface area contributed by atoms with E-state index in [2.05, 4.69) is 25.8 Å². The van der Waals surface area contributed by atoms with Crippen molar-refractivity contribution in [3.63, 3.8) is 0 Å². The molecular formula is C24H22N6O3S. The zero-order valence-electron chi connectivity index (χ0n) is 18.6. The van der Waals surface area contributed by atoms with E-state index in [-0.39, 0.29) is 17.6 Å². The highest BCUT2D eigenvalue weighted by Gasteiger charge is 2.14. The minimum atomic E-state index is -0.273. The summed E-state index contributed by atoms with van der Waals surface area (Å²) < 4.78 is 7.08. The summed E-state index contributed by atoms with van der Waals surface area (Å²) in [4.78, 5) is 29.0. The van der Waals surface area contributed by atoms with Crippen LogP contribution in [-0.4, -0.2) is 44.4 Å². The number of nitrogens with one attached hydrogen (secondary N) is 2. The topological polar surface area (TPSA) is 111 Å². The molecule has 4 aromatic rings. The van der Waals surface area contributed by atoms with Gasteiger partial charge in [0.15, 0.2) is 11.0 Å². The van der Waals surface area contributed by atoms with Gasteiger partial charge in [-0.1, -0.05) is 23.9 Å². The van der Waals surface area contributed by atoms with Gasteiger partial charge in [0.05, 0.1) is 18.6 Å². The molecule has 2 aromatic carbocycles. The number of methoxy groups -OCH3 is 1. The Bertz CT molecular complexity index is 1290. The van der Waals surface area contributed by atoms with Crippen LogP contribution in [0.3, 0.4) is 0 Å². The van der Waals surface area contributed by atoms with Crippen molar-refractivity contribution in [1.29, 1.82) is 0 Å². The molecule has 34 heavy (non-hydrogen) atoms. The number of anilines is 2. The molecule has 2 heterocycles. The number of hydrogen-bond acceptors (Lipinski definition) is 7. The molecule has 2 amide bonds. The van der Waals surface area contributed by atoms with Gasteiger partial charge in [0.1, 0.15) is 5.75 Å². The lowest BCUT2D eigenvalue weighted by Gasteiger charge is -2.10. The van der Waals surface area contributed by atoms with Crippen LogP contribution in [0, 0.1) is 0 Å². The lowest BCUT2D eigenvalue weighted by molar-refractivity contribution is -0.113. The fourth-order valence-corrected chi connectivity index (χ4v) is 3.87. The van der Waals surface area contributed by atoms with Gasteiger partial charge in [0.2, 0.25) is 5.91 Å². The molecule has 0 radical (unpaired) electrons. The van der Waals surface area contributed by atoms with E-state index in [1.54, 1.807) is 55.9 Å². The maximum atomic E-state index is 12.5. The number of amides is 2. The molecular weight excluding hydrogens is 452 g/mol. The third kappa shape index (κ3) is 5.41. The van der Waals surface area contributed by atoms with E-state index >= 15 is 0 Å². The quantitative estimate of drug-likeness (QED) is 0.373. The second kappa shape index (κ2) is 10.6. The van der Waals surface area contributed by atoms with Crippen LogP contribution in [0.4, 0.5) is 11.4 Å². The normalized spacial score (nSPS) is 10.5. The molecule has 2 N–H and O–H groups in total. The third-order valence-electron chi connectivity index (χ3n) is 4.87. The third-order valence-corrected chi connectivity index (χ3v) is 5.89. The predicted molar refractivity (Wildman–Crippen MR) is 131 cm³/mol. The molecule has 0 fully saturated rings. The van der Waals surface area contributed by atoms with Crippen molar-refractivity contribution in [2.75, 3.05) is 23.5 Å². The first kappa shape index (κ1) is 23.0. The van der Waals surface area contributed by atoms with Gasteiger partial charge in [-0.25, -0.2) is 0 Å². The van der Waals surface area contributed by atoms with Crippen LogP contribution in [0.15, 0.2) is 78.2 Å². The zero-order valence-corrected chi connectivity index (χ0v) is 19.4. The van der Waals surface area contributed by atoms with Crippen molar-refractivity contribution >= 4 is 35.0 Å². The number of rotatable bonds is 8. The minimum Gasteiger partial charge on any atom is -0.495 e. The molecule has 0 aliphatic carbocycles. The summed E-state index contributed by atoms with van der Waals surface area (Å²) >= 11 is 1.28. The van der Waals surface area contributed by atoms with Gasteiger partial charge in [-0.3, -0.25) is 14.6 Å². The largest absolute Gasteiger partial charge is 0.495 e. The van der Waals surface area contributed by atoms with E-state index < -0.39 is 0 Å². The number of ether oxygens (including phenoxy) is 1. The first-order valence-corrected chi connectivity index (χ1v) is 11.3. The second-order valence-corrected chi connectivity index (χ2v) is 8.12. The standard InChI is InChI=1S/C24H22N6O3S/c1-30-22(17-6-5-13-25-14-17)28-29-24(30)34-15-21(31)26-18-11-9-16(10-12-18)23(32)27-19-7-3-4-8-20(19)33-2/h3-14H,15H2,1-2H3,(H,26,31)(H,27,32). The molecule has 9 nitrogen and oxygen atoms in total. The Morgan fingerprint density at radius 3 is 2.53 bits per heavy atom. The first-order chi connectivity index (χ1) is 16.5. The summed E-state index contributed by atoms with van der Waals surface area (Å²) in [5.74, 6) is 0.951. The Morgan fingerprint density at radius 1 is 1.00 bits per heavy atom. The van der Waals surface area contributed by atoms with Crippen LogP contribution >= 0.6 is 11.8 Å². The number of hydrogen-bond donors (Lipinski definition) is 2. The van der Waals surface area contributed by atoms with E-state index in [4.69, 9.17) is 4.74 Å². The molecule has 0 atom stereocenters. The van der Waals surface area contributed by atoms with Crippen LogP contribution in [0.2, 0.25) is 0 Å². The fraction of sp³-hybridized carbons (Fsp3) is 0.125. The van der Waals surface area contributed by atoms with Gasteiger partial charge in [0.25, 0.3) is 5.91 Å². The smallest absolute Gasteiger partial charge is 0.255 e. The predicted octanol–water partition coefficient (Wildman–Crippen LogP) is 3.87. The van der Waals surface area contributed by atoms with Crippen LogP contribution < -0.4 is 15.4 Å². The molecule has 0 saturated carbocycles. The molecule has 0 aliphatic heterocycles. The van der Waals surface area contributed by atoms with Gasteiger partial charge < -0.3 is 19.9 Å². The highest BCUT2D eigenvalue weighted by Crippen LogP contribution is 2.24. The number of benzene rings is 2. The summed E-state index contributed by atoms with van der Waals surface area (Å²) in [6, 6.07) is 17.6. The number of nitrogens with zero attached hydrogens (tertiary/aromatic N) is 4. The van der Waals surface area contributed by atoms with E-state index in [9.17, 15) is 9.59 Å². The Labute approximate surface area is 200 Å². The molecule has 0 spiro atoms. The number of thioether (sulfide) groups is 1. The van der Waals surface area contributed by atoms with E-state index in [0.29, 0.717) is 33.7 Å². The second-order valence-electron chi connectivity index (χ2n) is 7.18. The fourth-order valence-electron chi connectivity index (χ4n) is 3.16. The zero-order chi connectivity index (χ0) is 23.9. The van der Waals surface area contributed by atoms with Crippen LogP contribution in [0.5, 0.6) is 5.75 Å². The number of aromatic nitrogens is 4. The van der Waals surface area contributed by atoms with Gasteiger partial charge >= 0.3 is 0 Å². The summed E-state index contributed by atoms with van der Waals surface area (Å²) in [5.41, 5.74) is 2.48. The van der Waals surface area contributed by atoms with Crippen molar-refractivity contribution in [2.24, 2.45) is 7.05 Å². The average Bonchev–Trinajstić information content (AvgIpc) is 3.24. The van der Waals surface area contributed by atoms with Crippen molar-refractivity contribution in [1.82, 2.24) is 19.7 Å². The molecule has 0 bridgehead atoms. The monoisotopic (exact) mass is 474 g/mol. The van der Waals surface area contributed by atoms with E-state index in [1.807, 2.05) is 35.9 Å². The first-order valence-electron chi connectivity index (χ1n) is 10.3. The Kier molecular flexibility index (Phi) is 7.19. The maximum Gasteiger partial charge on any atom is 0.255 e. The molecule has 0 unspecified atom stereocenters. The van der Waals surface area contributed by atoms with E-state index in [1.165, 1.54) is 11.8 Å². The van der Waals surface area contributed by atoms with Gasteiger partial charge in [-0.2, -0.15) is 0 Å². The summed E-state index contributed by atoms with van der Waals surface area (Å²) in [5, 5.41) is 14.6. The van der Waals surface area contributed by atoms with Crippen LogP contribution in [0.25, 0.3) is 11.4 Å². The minimum absolute atomic E-state index is 0.162. The Balaban J connectivity index is 1.32. The van der Waals surface area contributed by atoms with Crippen LogP contribution in [-0.2, 0) is 11.8 Å². The Hall–Kier alpha value is -4.18. The molecule has 2 aromatic heterocycles. The average molecular weight is 475 g/mol. The van der Waals surface area contributed by atoms with Crippen molar-refractivity contribution in [3.8, 4) is 17.1 Å². The number of para-hydroxylation sites is 2. The summed E-state index contributed by atoms with van der Waals surface area (Å²) in [6.45, 7) is 0. The molecule has 0 saturated heterocycles. The van der Waals surface area contributed by atoms with Gasteiger partial charge in [-0.15, -0.1) is 10.2 Å². The summed E-state index contributed by atoms with van der Waals surface area (Å²) in [6.07, 6.45) is 3.41. The maximum absolute atomic E-state index is 12.5. The van der Waals surface area contributed by atoms with Crippen molar-refractivity contribution in [2.45, 2.75) is 5.16 Å². The lowest BCUT2D eigenvalue weighted by atomic mass is 10.2. The summed E-state index contributed by atoms with van der Waals surface area (Å²) in [7, 11) is 3.39. The molecule has 172 valence electrons. The number of pyridine rings is 1. The lowest BCUT2D eigenvalue weighted by Crippen LogP contribution is -2.15. The SMILES string of the molecule is COc1ccccc1NC(=O)c1ccc(NC(=O)CSc2nnc(-c3cccnc3)n2C)cc1. The number of carbonyl (C=O) groups excluding carboxylic acids is 2. The van der Waals surface area contributed by atoms with Crippen molar-refractivity contribution in [3.05, 3.63) is 78.6 Å². The number of carbonyl (C=O) groups is 2. The van der Waals surface area contributed by atoms with Crippen molar-refractivity contribution < 1.29 is 14.3 Å². The van der Waals surface area contributed by atoms with Gasteiger partial charge in [-0.05, 0) is 48.5 Å². The Morgan fingerprint density at radius 2 is 1.79 bits per heavy atom. The highest BCUT2D eigenvalue weighted by atomic mass is 32.2. The van der Waals surface area contributed by atoms with Crippen LogP contribution in [0.1, 0.15) is 10.4 Å². The van der Waals surface area contributed by atoms with Gasteiger partial charge in [0, 0.05) is 36.3 Å². The highest BCUT2D eigenvalue weighted by molar-refractivity contribution is 7.99.